The van der Waals surface area contributed by atoms with E-state index in [4.69, 9.17) is 0 Å². The van der Waals surface area contributed by atoms with Crippen molar-refractivity contribution < 1.29 is 13.2 Å². The number of hydrogen-bond acceptors (Lipinski definition) is 5. The molecule has 0 saturated carbocycles. The molecular formula is C21H26N4O3S. The van der Waals surface area contributed by atoms with Crippen LogP contribution >= 0.6 is 0 Å². The van der Waals surface area contributed by atoms with Crippen LogP contribution in [0.3, 0.4) is 0 Å². The lowest BCUT2D eigenvalue weighted by atomic mass is 10.2. The number of sulfonamides is 1. The van der Waals surface area contributed by atoms with Crippen LogP contribution in [0.2, 0.25) is 0 Å². The van der Waals surface area contributed by atoms with E-state index in [9.17, 15) is 13.2 Å². The van der Waals surface area contributed by atoms with Gasteiger partial charge < -0.3 is 15.5 Å². The smallest absolute Gasteiger partial charge is 0.269 e. The van der Waals surface area contributed by atoms with Crippen molar-refractivity contribution in [3.05, 3.63) is 65.7 Å². The molecule has 1 unspecified atom stereocenters. The standard InChI is InChI=1S/C21H26N4O3S/c1-16-6-5-7-20-23-19(15-25(16)20)21(26)22-14-17-8-10-18(11-9-17)29(27,28)24-12-3-2-4-13-24/h5-11,15,20,23H,2-4,12-14H2,1H3,(H,22,26). The Morgan fingerprint density at radius 1 is 1.17 bits per heavy atom. The number of piperidine rings is 1. The van der Waals surface area contributed by atoms with Crippen molar-refractivity contribution in [2.45, 2.75) is 43.8 Å². The Kier molecular flexibility index (Phi) is 5.47. The highest BCUT2D eigenvalue weighted by Crippen LogP contribution is 2.22. The molecule has 154 valence electrons. The molecule has 3 heterocycles. The van der Waals surface area contributed by atoms with Crippen molar-refractivity contribution >= 4 is 15.9 Å². The van der Waals surface area contributed by atoms with Gasteiger partial charge in [0.15, 0.2) is 0 Å². The van der Waals surface area contributed by atoms with Gasteiger partial charge in [0, 0.05) is 31.5 Å². The first kappa shape index (κ1) is 19.7. The second-order valence-electron chi connectivity index (χ2n) is 7.52. The molecule has 0 bridgehead atoms. The Labute approximate surface area is 171 Å². The molecule has 1 aromatic carbocycles. The second kappa shape index (κ2) is 8.04. The van der Waals surface area contributed by atoms with Gasteiger partial charge in [0.05, 0.1) is 4.90 Å². The van der Waals surface area contributed by atoms with Crippen molar-refractivity contribution in [2.75, 3.05) is 13.1 Å². The van der Waals surface area contributed by atoms with E-state index in [0.717, 1.165) is 30.5 Å². The third kappa shape index (κ3) is 4.09. The van der Waals surface area contributed by atoms with Crippen LogP contribution in [0.15, 0.2) is 65.0 Å². The van der Waals surface area contributed by atoms with E-state index >= 15 is 0 Å². The third-order valence-electron chi connectivity index (χ3n) is 5.48. The van der Waals surface area contributed by atoms with E-state index in [-0.39, 0.29) is 12.1 Å². The molecule has 3 aliphatic heterocycles. The first-order valence-corrected chi connectivity index (χ1v) is 11.4. The lowest BCUT2D eigenvalue weighted by Gasteiger charge is -2.25. The highest BCUT2D eigenvalue weighted by molar-refractivity contribution is 7.89. The maximum Gasteiger partial charge on any atom is 0.269 e. The molecule has 1 amide bonds. The minimum atomic E-state index is -3.43. The first-order chi connectivity index (χ1) is 13.9. The zero-order valence-electron chi connectivity index (χ0n) is 16.5. The molecule has 1 atom stereocenters. The van der Waals surface area contributed by atoms with Gasteiger partial charge in [-0.15, -0.1) is 0 Å². The summed E-state index contributed by atoms with van der Waals surface area (Å²) in [7, 11) is -3.43. The SMILES string of the molecule is CC1=CC=CC2NC(C(=O)NCc3ccc(S(=O)(=O)N4CCCCC4)cc3)=CN12. The summed E-state index contributed by atoms with van der Waals surface area (Å²) < 4.78 is 27.0. The molecule has 4 rings (SSSR count). The molecule has 3 aliphatic rings. The van der Waals surface area contributed by atoms with Crippen LogP contribution in [0.5, 0.6) is 0 Å². The van der Waals surface area contributed by atoms with E-state index in [1.165, 1.54) is 0 Å². The van der Waals surface area contributed by atoms with Crippen molar-refractivity contribution in [3.63, 3.8) is 0 Å². The van der Waals surface area contributed by atoms with Crippen LogP contribution in [0.1, 0.15) is 31.7 Å². The van der Waals surface area contributed by atoms with E-state index in [0.29, 0.717) is 30.2 Å². The molecule has 0 aliphatic carbocycles. The molecule has 1 saturated heterocycles. The van der Waals surface area contributed by atoms with Crippen molar-refractivity contribution in [1.82, 2.24) is 19.8 Å². The first-order valence-electron chi connectivity index (χ1n) is 9.94. The van der Waals surface area contributed by atoms with Crippen LogP contribution in [0.25, 0.3) is 0 Å². The summed E-state index contributed by atoms with van der Waals surface area (Å²) in [4.78, 5) is 14.8. The van der Waals surface area contributed by atoms with Gasteiger partial charge in [-0.3, -0.25) is 4.79 Å². The van der Waals surface area contributed by atoms with Gasteiger partial charge in [0.2, 0.25) is 10.0 Å². The number of amides is 1. The number of fused-ring (bicyclic) bond motifs is 1. The van der Waals surface area contributed by atoms with Crippen molar-refractivity contribution in [3.8, 4) is 0 Å². The molecular weight excluding hydrogens is 388 g/mol. The van der Waals surface area contributed by atoms with E-state index in [1.54, 1.807) is 28.6 Å². The fourth-order valence-corrected chi connectivity index (χ4v) is 5.29. The summed E-state index contributed by atoms with van der Waals surface area (Å²) in [6.07, 6.45) is 10.6. The van der Waals surface area contributed by atoms with Crippen LogP contribution in [0, 0.1) is 0 Å². The highest BCUT2D eigenvalue weighted by Gasteiger charge is 2.28. The molecule has 0 spiro atoms. The van der Waals surface area contributed by atoms with Crippen LogP contribution < -0.4 is 10.6 Å². The summed E-state index contributed by atoms with van der Waals surface area (Å²) in [5.41, 5.74) is 2.43. The average Bonchev–Trinajstić information content (AvgIpc) is 3.19. The predicted octanol–water partition coefficient (Wildman–Crippen LogP) is 2.02. The Morgan fingerprint density at radius 3 is 2.59 bits per heavy atom. The average molecular weight is 415 g/mol. The van der Waals surface area contributed by atoms with Crippen molar-refractivity contribution in [1.29, 1.82) is 0 Å². The van der Waals surface area contributed by atoms with E-state index in [1.807, 2.05) is 36.3 Å². The summed E-state index contributed by atoms with van der Waals surface area (Å²) in [6, 6.07) is 6.76. The number of carbonyl (C=O) groups is 1. The molecule has 0 radical (unpaired) electrons. The maximum atomic E-state index is 12.7. The lowest BCUT2D eigenvalue weighted by molar-refractivity contribution is -0.118. The summed E-state index contributed by atoms with van der Waals surface area (Å²) in [5.74, 6) is -0.189. The van der Waals surface area contributed by atoms with E-state index < -0.39 is 10.0 Å². The number of hydrogen-bond donors (Lipinski definition) is 2. The van der Waals surface area contributed by atoms with Gasteiger partial charge in [-0.1, -0.05) is 24.6 Å². The van der Waals surface area contributed by atoms with Gasteiger partial charge in [0.1, 0.15) is 11.9 Å². The number of benzene rings is 1. The number of nitrogens with zero attached hydrogens (tertiary/aromatic N) is 2. The number of carbonyl (C=O) groups excluding carboxylic acids is 1. The van der Waals surface area contributed by atoms with Crippen LogP contribution in [-0.4, -0.2) is 42.8 Å². The largest absolute Gasteiger partial charge is 0.356 e. The summed E-state index contributed by atoms with van der Waals surface area (Å²) in [6.45, 7) is 3.50. The Balaban J connectivity index is 1.36. The van der Waals surface area contributed by atoms with Gasteiger partial charge in [-0.05, 0) is 49.6 Å². The molecule has 0 aromatic heterocycles. The molecule has 29 heavy (non-hydrogen) atoms. The minimum Gasteiger partial charge on any atom is -0.356 e. The second-order valence-corrected chi connectivity index (χ2v) is 9.46. The van der Waals surface area contributed by atoms with Crippen LogP contribution in [0.4, 0.5) is 0 Å². The number of nitrogens with one attached hydrogen (secondary N) is 2. The molecule has 1 fully saturated rings. The highest BCUT2D eigenvalue weighted by atomic mass is 32.2. The normalized spacial score (nSPS) is 21.8. The monoisotopic (exact) mass is 414 g/mol. The lowest BCUT2D eigenvalue weighted by Crippen LogP contribution is -2.37. The Morgan fingerprint density at radius 2 is 1.90 bits per heavy atom. The fraction of sp³-hybridized carbons (Fsp3) is 0.381. The number of rotatable bonds is 5. The summed E-state index contributed by atoms with van der Waals surface area (Å²) in [5, 5.41) is 6.07. The fourth-order valence-electron chi connectivity index (χ4n) is 3.77. The van der Waals surface area contributed by atoms with Gasteiger partial charge in [0.25, 0.3) is 5.91 Å². The Bertz CT molecular complexity index is 974. The van der Waals surface area contributed by atoms with Gasteiger partial charge in [-0.25, -0.2) is 8.42 Å². The number of allylic oxidation sites excluding steroid dienone is 3. The van der Waals surface area contributed by atoms with Crippen molar-refractivity contribution in [2.24, 2.45) is 0 Å². The zero-order valence-corrected chi connectivity index (χ0v) is 17.3. The molecule has 2 N–H and O–H groups in total. The third-order valence-corrected chi connectivity index (χ3v) is 7.40. The predicted molar refractivity (Wildman–Crippen MR) is 111 cm³/mol. The zero-order chi connectivity index (χ0) is 20.4. The van der Waals surface area contributed by atoms with Gasteiger partial charge >= 0.3 is 0 Å². The molecule has 8 heteroatoms. The topological polar surface area (TPSA) is 81.8 Å². The molecule has 1 aromatic rings. The van der Waals surface area contributed by atoms with E-state index in [2.05, 4.69) is 10.6 Å². The maximum absolute atomic E-state index is 12.7. The quantitative estimate of drug-likeness (QED) is 0.771. The van der Waals surface area contributed by atoms with Gasteiger partial charge in [-0.2, -0.15) is 4.31 Å². The molecule has 7 nitrogen and oxygen atoms in total. The minimum absolute atomic E-state index is 0.0278. The Hall–Kier alpha value is -2.58. The van der Waals surface area contributed by atoms with Crippen LogP contribution in [-0.2, 0) is 21.4 Å². The summed E-state index contributed by atoms with van der Waals surface area (Å²) >= 11 is 0.